The van der Waals surface area contributed by atoms with Gasteiger partial charge in [-0.25, -0.2) is 14.0 Å². The van der Waals surface area contributed by atoms with Crippen LogP contribution in [-0.4, -0.2) is 29.9 Å². The van der Waals surface area contributed by atoms with Gasteiger partial charge in [0.05, 0.1) is 12.3 Å². The highest BCUT2D eigenvalue weighted by Gasteiger charge is 2.13. The first-order chi connectivity index (χ1) is 14.4. The second-order valence-corrected chi connectivity index (χ2v) is 6.38. The minimum absolute atomic E-state index is 0.0902. The van der Waals surface area contributed by atoms with E-state index in [0.717, 1.165) is 18.9 Å². The summed E-state index contributed by atoms with van der Waals surface area (Å²) >= 11 is 0. The maximum atomic E-state index is 14.0. The summed E-state index contributed by atoms with van der Waals surface area (Å²) in [6, 6.07) is 8.38. The smallest absolute Gasteiger partial charge is 0.409 e. The number of rotatable bonds is 9. The zero-order chi connectivity index (χ0) is 22.1. The molecule has 30 heavy (non-hydrogen) atoms. The van der Waals surface area contributed by atoms with Gasteiger partial charge in [-0.1, -0.05) is 13.8 Å². The van der Waals surface area contributed by atoms with Crippen LogP contribution in [0.3, 0.4) is 0 Å². The van der Waals surface area contributed by atoms with Crippen LogP contribution in [0.2, 0.25) is 0 Å². The van der Waals surface area contributed by atoms with E-state index < -0.39 is 11.9 Å². The molecule has 0 aliphatic rings. The van der Waals surface area contributed by atoms with Crippen molar-refractivity contribution in [3.8, 4) is 17.2 Å². The molecular formula is C21H26FN3O5. The van der Waals surface area contributed by atoms with Gasteiger partial charge in [0.25, 0.3) is 0 Å². The molecule has 9 heteroatoms. The maximum absolute atomic E-state index is 14.0. The van der Waals surface area contributed by atoms with Crippen molar-refractivity contribution in [3.05, 3.63) is 42.2 Å². The monoisotopic (exact) mass is 419 g/mol. The van der Waals surface area contributed by atoms with E-state index in [9.17, 15) is 14.0 Å². The number of anilines is 2. The first kappa shape index (κ1) is 22.8. The van der Waals surface area contributed by atoms with E-state index in [2.05, 4.69) is 10.6 Å². The number of nitrogens with one attached hydrogen (secondary N) is 3. The number of benzene rings is 2. The van der Waals surface area contributed by atoms with Gasteiger partial charge in [-0.15, -0.1) is 0 Å². The van der Waals surface area contributed by atoms with E-state index in [4.69, 9.17) is 14.6 Å². The third kappa shape index (κ3) is 6.54. The van der Waals surface area contributed by atoms with Crippen molar-refractivity contribution < 1.29 is 28.6 Å². The van der Waals surface area contributed by atoms with Crippen LogP contribution in [0.4, 0.5) is 25.4 Å². The van der Waals surface area contributed by atoms with Gasteiger partial charge in [0, 0.05) is 23.9 Å². The van der Waals surface area contributed by atoms with Crippen molar-refractivity contribution in [1.29, 1.82) is 0 Å². The summed E-state index contributed by atoms with van der Waals surface area (Å²) < 4.78 is 25.3. The van der Waals surface area contributed by atoms with Gasteiger partial charge in [-0.2, -0.15) is 0 Å². The van der Waals surface area contributed by atoms with Crippen molar-refractivity contribution in [2.75, 3.05) is 17.2 Å². The number of carbonyl (C=O) groups excluding carboxylic acids is 1. The molecule has 2 rings (SSSR count). The van der Waals surface area contributed by atoms with Gasteiger partial charge >= 0.3 is 12.1 Å². The first-order valence-electron chi connectivity index (χ1n) is 9.67. The summed E-state index contributed by atoms with van der Waals surface area (Å²) in [4.78, 5) is 22.8. The molecule has 0 aliphatic heterocycles. The van der Waals surface area contributed by atoms with Gasteiger partial charge in [0.1, 0.15) is 5.75 Å². The van der Waals surface area contributed by atoms with E-state index in [1.807, 2.05) is 19.2 Å². The Morgan fingerprint density at radius 3 is 2.37 bits per heavy atom. The van der Waals surface area contributed by atoms with Crippen LogP contribution in [0, 0.1) is 5.82 Å². The van der Waals surface area contributed by atoms with Gasteiger partial charge in [-0.05, 0) is 44.0 Å². The third-order valence-corrected chi connectivity index (χ3v) is 4.23. The summed E-state index contributed by atoms with van der Waals surface area (Å²) in [5.41, 5.74) is 0.337. The molecule has 0 saturated heterocycles. The fourth-order valence-corrected chi connectivity index (χ4v) is 2.69. The SMILES string of the molecule is CCOc1cc(NC(=O)NC(CC)CC)ccc1Oc1ccc(NC(=O)O)c(F)c1. The Bertz CT molecular complexity index is 887. The summed E-state index contributed by atoms with van der Waals surface area (Å²) in [6.45, 7) is 6.16. The average molecular weight is 419 g/mol. The standard InChI is InChI=1S/C21H26FN3O5/c1-4-13(5-2)23-20(26)24-14-7-10-18(19(11-14)29-6-3)30-15-8-9-17(16(22)12-15)25-21(27)28/h7-13,25H,4-6H2,1-3H3,(H,27,28)(H2,23,24,26). The largest absolute Gasteiger partial charge is 0.490 e. The topological polar surface area (TPSA) is 109 Å². The zero-order valence-electron chi connectivity index (χ0n) is 17.1. The number of amides is 3. The molecule has 4 N–H and O–H groups in total. The van der Waals surface area contributed by atoms with Gasteiger partial charge in [-0.3, -0.25) is 5.32 Å². The summed E-state index contributed by atoms with van der Waals surface area (Å²) in [5, 5.41) is 16.3. The molecule has 2 aromatic carbocycles. The molecule has 0 fully saturated rings. The molecular weight excluding hydrogens is 393 g/mol. The number of halogens is 1. The van der Waals surface area contributed by atoms with Crippen molar-refractivity contribution >= 4 is 23.5 Å². The lowest BCUT2D eigenvalue weighted by Gasteiger charge is -2.17. The molecule has 0 bridgehead atoms. The van der Waals surface area contributed by atoms with Crippen LogP contribution in [0.25, 0.3) is 0 Å². The predicted octanol–water partition coefficient (Wildman–Crippen LogP) is 5.42. The molecule has 0 atom stereocenters. The maximum Gasteiger partial charge on any atom is 0.409 e. The van der Waals surface area contributed by atoms with E-state index >= 15 is 0 Å². The Morgan fingerprint density at radius 2 is 1.77 bits per heavy atom. The first-order valence-corrected chi connectivity index (χ1v) is 9.67. The van der Waals surface area contributed by atoms with E-state index in [0.29, 0.717) is 23.8 Å². The van der Waals surface area contributed by atoms with Crippen molar-refractivity contribution in [3.63, 3.8) is 0 Å². The molecule has 0 unspecified atom stereocenters. The average Bonchev–Trinajstić information content (AvgIpc) is 2.70. The Morgan fingerprint density at radius 1 is 1.03 bits per heavy atom. The highest BCUT2D eigenvalue weighted by Crippen LogP contribution is 2.35. The predicted molar refractivity (Wildman–Crippen MR) is 112 cm³/mol. The minimum atomic E-state index is -1.36. The number of hydrogen-bond donors (Lipinski definition) is 4. The second kappa shape index (κ2) is 10.9. The summed E-state index contributed by atoms with van der Waals surface area (Å²) in [7, 11) is 0. The van der Waals surface area contributed by atoms with Crippen LogP contribution in [0.1, 0.15) is 33.6 Å². The molecule has 0 aromatic heterocycles. The number of ether oxygens (including phenoxy) is 2. The molecule has 0 aliphatic carbocycles. The van der Waals surface area contributed by atoms with Gasteiger partial charge in [0.15, 0.2) is 17.3 Å². The second-order valence-electron chi connectivity index (χ2n) is 6.38. The zero-order valence-corrected chi connectivity index (χ0v) is 17.1. The fourth-order valence-electron chi connectivity index (χ4n) is 2.69. The normalized spacial score (nSPS) is 10.4. The highest BCUT2D eigenvalue weighted by atomic mass is 19.1. The molecule has 0 saturated carbocycles. The van der Waals surface area contributed by atoms with E-state index in [1.54, 1.807) is 25.1 Å². The molecule has 3 amide bonds. The lowest BCUT2D eigenvalue weighted by atomic mass is 10.2. The lowest BCUT2D eigenvalue weighted by molar-refractivity contribution is 0.209. The molecule has 0 heterocycles. The fraction of sp³-hybridized carbons (Fsp3) is 0.333. The van der Waals surface area contributed by atoms with Gasteiger partial charge in [0.2, 0.25) is 0 Å². The van der Waals surface area contributed by atoms with E-state index in [-0.39, 0.29) is 23.5 Å². The Hall–Kier alpha value is -3.49. The van der Waals surface area contributed by atoms with Crippen LogP contribution in [0.15, 0.2) is 36.4 Å². The van der Waals surface area contributed by atoms with Crippen LogP contribution >= 0.6 is 0 Å². The molecule has 2 aromatic rings. The summed E-state index contributed by atoms with van der Waals surface area (Å²) in [6.07, 6.45) is 0.300. The lowest BCUT2D eigenvalue weighted by Crippen LogP contribution is -2.37. The Kier molecular flexibility index (Phi) is 8.28. The molecule has 0 spiro atoms. The highest BCUT2D eigenvalue weighted by molar-refractivity contribution is 5.89. The minimum Gasteiger partial charge on any atom is -0.490 e. The van der Waals surface area contributed by atoms with Crippen molar-refractivity contribution in [1.82, 2.24) is 5.32 Å². The third-order valence-electron chi connectivity index (χ3n) is 4.23. The quantitative estimate of drug-likeness (QED) is 0.434. The van der Waals surface area contributed by atoms with Crippen LogP contribution in [-0.2, 0) is 0 Å². The number of hydrogen-bond acceptors (Lipinski definition) is 4. The van der Waals surface area contributed by atoms with E-state index in [1.165, 1.54) is 12.1 Å². The molecule has 162 valence electrons. The summed E-state index contributed by atoms with van der Waals surface area (Å²) in [5.74, 6) is 0.0768. The van der Waals surface area contributed by atoms with Crippen molar-refractivity contribution in [2.24, 2.45) is 0 Å². The number of urea groups is 1. The Balaban J connectivity index is 2.16. The van der Waals surface area contributed by atoms with Gasteiger partial charge < -0.3 is 25.2 Å². The van der Waals surface area contributed by atoms with Crippen LogP contribution < -0.4 is 25.4 Å². The molecule has 8 nitrogen and oxygen atoms in total. The van der Waals surface area contributed by atoms with Crippen molar-refractivity contribution in [2.45, 2.75) is 39.7 Å². The van der Waals surface area contributed by atoms with Crippen LogP contribution in [0.5, 0.6) is 17.2 Å². The Labute approximate surface area is 174 Å². The molecule has 0 radical (unpaired) electrons. The number of carboxylic acid groups (broad SMARTS) is 1. The number of carbonyl (C=O) groups is 2.